The van der Waals surface area contributed by atoms with Crippen molar-refractivity contribution in [3.8, 4) is 5.75 Å². The summed E-state index contributed by atoms with van der Waals surface area (Å²) < 4.78 is 5.56. The molecule has 1 aliphatic carbocycles. The lowest BCUT2D eigenvalue weighted by atomic mass is 10.0. The number of rotatable bonds is 4. The van der Waals surface area contributed by atoms with E-state index in [4.69, 9.17) is 27.9 Å². The van der Waals surface area contributed by atoms with E-state index in [0.29, 0.717) is 15.8 Å². The van der Waals surface area contributed by atoms with Gasteiger partial charge in [0.2, 0.25) is 0 Å². The first-order chi connectivity index (χ1) is 8.58. The van der Waals surface area contributed by atoms with Crippen LogP contribution >= 0.6 is 23.2 Å². The average molecular weight is 289 g/mol. The zero-order valence-electron chi connectivity index (χ0n) is 9.73. The molecule has 1 atom stereocenters. The van der Waals surface area contributed by atoms with Gasteiger partial charge in [0.15, 0.2) is 6.10 Å². The Morgan fingerprint density at radius 3 is 2.56 bits per heavy atom. The minimum absolute atomic E-state index is 0.0641. The van der Waals surface area contributed by atoms with Crippen LogP contribution in [0.5, 0.6) is 5.75 Å². The number of aliphatic carboxylic acids is 1. The van der Waals surface area contributed by atoms with E-state index in [-0.39, 0.29) is 5.92 Å². The third-order valence-corrected chi connectivity index (χ3v) is 3.75. The van der Waals surface area contributed by atoms with Crippen LogP contribution in [0.15, 0.2) is 18.2 Å². The number of benzene rings is 1. The van der Waals surface area contributed by atoms with Gasteiger partial charge in [-0.05, 0) is 31.0 Å². The molecule has 0 bridgehead atoms. The molecule has 5 heteroatoms. The Hall–Kier alpha value is -0.930. The second-order valence-corrected chi connectivity index (χ2v) is 5.34. The van der Waals surface area contributed by atoms with Crippen molar-refractivity contribution in [1.82, 2.24) is 0 Å². The fraction of sp³-hybridized carbons (Fsp3) is 0.462. The van der Waals surface area contributed by atoms with Gasteiger partial charge in [-0.15, -0.1) is 0 Å². The molecule has 1 aliphatic rings. The van der Waals surface area contributed by atoms with E-state index in [1.54, 1.807) is 18.2 Å². The summed E-state index contributed by atoms with van der Waals surface area (Å²) in [4.78, 5) is 11.3. The number of carboxylic acid groups (broad SMARTS) is 1. The maximum absolute atomic E-state index is 11.3. The molecule has 1 aromatic rings. The molecule has 1 unspecified atom stereocenters. The molecule has 0 spiro atoms. The second-order valence-electron chi connectivity index (χ2n) is 4.50. The van der Waals surface area contributed by atoms with Gasteiger partial charge in [0.05, 0.1) is 5.02 Å². The van der Waals surface area contributed by atoms with E-state index >= 15 is 0 Å². The molecule has 98 valence electrons. The van der Waals surface area contributed by atoms with Crippen LogP contribution in [0.25, 0.3) is 0 Å². The molecule has 0 amide bonds. The Kier molecular flexibility index (Phi) is 4.36. The lowest BCUT2D eigenvalue weighted by molar-refractivity contribution is -0.147. The summed E-state index contributed by atoms with van der Waals surface area (Å²) in [6, 6.07) is 4.79. The van der Waals surface area contributed by atoms with Crippen molar-refractivity contribution in [3.05, 3.63) is 28.2 Å². The largest absolute Gasteiger partial charge is 0.478 e. The van der Waals surface area contributed by atoms with Crippen molar-refractivity contribution in [1.29, 1.82) is 0 Å². The zero-order valence-corrected chi connectivity index (χ0v) is 11.2. The van der Waals surface area contributed by atoms with Crippen molar-refractivity contribution < 1.29 is 14.6 Å². The van der Waals surface area contributed by atoms with Crippen LogP contribution in [0.4, 0.5) is 0 Å². The summed E-state index contributed by atoms with van der Waals surface area (Å²) in [5.41, 5.74) is 0. The molecule has 2 rings (SSSR count). The number of halogens is 2. The first kappa shape index (κ1) is 13.5. The average Bonchev–Trinajstić information content (AvgIpc) is 2.80. The first-order valence-corrected chi connectivity index (χ1v) is 6.68. The number of hydrogen-bond donors (Lipinski definition) is 1. The minimum Gasteiger partial charge on any atom is -0.478 e. The maximum atomic E-state index is 11.3. The standard InChI is InChI=1S/C13H14Cl2O3/c14-9-5-6-11(10(15)7-9)18-12(13(16)17)8-3-1-2-4-8/h5-8,12H,1-4H2,(H,16,17). The summed E-state index contributed by atoms with van der Waals surface area (Å²) in [6.07, 6.45) is 3.08. The summed E-state index contributed by atoms with van der Waals surface area (Å²) in [5.74, 6) is -0.498. The van der Waals surface area contributed by atoms with Gasteiger partial charge in [-0.25, -0.2) is 4.79 Å². The van der Waals surface area contributed by atoms with Crippen LogP contribution in [0.3, 0.4) is 0 Å². The van der Waals surface area contributed by atoms with Crippen molar-refractivity contribution in [2.45, 2.75) is 31.8 Å². The van der Waals surface area contributed by atoms with Crippen LogP contribution in [-0.4, -0.2) is 17.2 Å². The van der Waals surface area contributed by atoms with Gasteiger partial charge < -0.3 is 9.84 Å². The molecule has 1 N–H and O–H groups in total. The number of ether oxygens (including phenoxy) is 1. The predicted octanol–water partition coefficient (Wildman–Crippen LogP) is 4.02. The molecule has 3 nitrogen and oxygen atoms in total. The zero-order chi connectivity index (χ0) is 13.1. The molecule has 1 aromatic carbocycles. The van der Waals surface area contributed by atoms with Gasteiger partial charge in [-0.3, -0.25) is 0 Å². The Morgan fingerprint density at radius 1 is 1.33 bits per heavy atom. The Labute approximate surface area is 116 Å². The SMILES string of the molecule is O=C(O)C(Oc1ccc(Cl)cc1Cl)C1CCCC1. The molecular weight excluding hydrogens is 275 g/mol. The van der Waals surface area contributed by atoms with Crippen LogP contribution in [0.1, 0.15) is 25.7 Å². The van der Waals surface area contributed by atoms with E-state index in [1.807, 2.05) is 0 Å². The highest BCUT2D eigenvalue weighted by Crippen LogP contribution is 2.33. The molecule has 0 aromatic heterocycles. The third-order valence-electron chi connectivity index (χ3n) is 3.22. The van der Waals surface area contributed by atoms with Gasteiger partial charge in [-0.2, -0.15) is 0 Å². The fourth-order valence-corrected chi connectivity index (χ4v) is 2.77. The fourth-order valence-electron chi connectivity index (χ4n) is 2.32. The molecule has 0 aliphatic heterocycles. The van der Waals surface area contributed by atoms with Gasteiger partial charge in [0.25, 0.3) is 0 Å². The molecule has 0 heterocycles. The predicted molar refractivity (Wildman–Crippen MR) is 70.5 cm³/mol. The van der Waals surface area contributed by atoms with Crippen molar-refractivity contribution in [2.24, 2.45) is 5.92 Å². The van der Waals surface area contributed by atoms with Crippen LogP contribution in [0.2, 0.25) is 10.0 Å². The van der Waals surface area contributed by atoms with E-state index in [2.05, 4.69) is 0 Å². The maximum Gasteiger partial charge on any atom is 0.345 e. The van der Waals surface area contributed by atoms with Crippen LogP contribution < -0.4 is 4.74 Å². The quantitative estimate of drug-likeness (QED) is 0.910. The van der Waals surface area contributed by atoms with Crippen molar-refractivity contribution in [3.63, 3.8) is 0 Å². The number of carbonyl (C=O) groups is 1. The summed E-state index contributed by atoms with van der Waals surface area (Å²) in [6.45, 7) is 0. The Bertz CT molecular complexity index is 442. The highest BCUT2D eigenvalue weighted by molar-refractivity contribution is 6.35. The molecular formula is C13H14Cl2O3. The Morgan fingerprint density at radius 2 is 2.00 bits per heavy atom. The monoisotopic (exact) mass is 288 g/mol. The van der Waals surface area contributed by atoms with Gasteiger partial charge in [0.1, 0.15) is 5.75 Å². The summed E-state index contributed by atoms with van der Waals surface area (Å²) in [7, 11) is 0. The van der Waals surface area contributed by atoms with Crippen molar-refractivity contribution in [2.75, 3.05) is 0 Å². The molecule has 18 heavy (non-hydrogen) atoms. The lowest BCUT2D eigenvalue weighted by Gasteiger charge is -2.21. The minimum atomic E-state index is -0.937. The van der Waals surface area contributed by atoms with Gasteiger partial charge in [-0.1, -0.05) is 36.0 Å². The topological polar surface area (TPSA) is 46.5 Å². The first-order valence-electron chi connectivity index (χ1n) is 5.92. The van der Waals surface area contributed by atoms with Gasteiger partial charge in [0, 0.05) is 10.9 Å². The molecule has 1 saturated carbocycles. The number of carboxylic acids is 1. The van der Waals surface area contributed by atoms with E-state index < -0.39 is 12.1 Å². The highest BCUT2D eigenvalue weighted by Gasteiger charge is 2.32. The third kappa shape index (κ3) is 3.09. The molecule has 1 fully saturated rings. The molecule has 0 radical (unpaired) electrons. The van der Waals surface area contributed by atoms with E-state index in [1.165, 1.54) is 0 Å². The lowest BCUT2D eigenvalue weighted by Crippen LogP contribution is -2.33. The normalized spacial score (nSPS) is 17.7. The van der Waals surface area contributed by atoms with E-state index in [0.717, 1.165) is 25.7 Å². The second kappa shape index (κ2) is 5.81. The van der Waals surface area contributed by atoms with Crippen LogP contribution in [0, 0.1) is 5.92 Å². The smallest absolute Gasteiger partial charge is 0.345 e. The number of hydrogen-bond acceptors (Lipinski definition) is 2. The molecule has 0 saturated heterocycles. The Balaban J connectivity index is 2.15. The van der Waals surface area contributed by atoms with Crippen LogP contribution in [-0.2, 0) is 4.79 Å². The summed E-state index contributed by atoms with van der Waals surface area (Å²) in [5, 5.41) is 10.1. The van der Waals surface area contributed by atoms with E-state index in [9.17, 15) is 9.90 Å². The van der Waals surface area contributed by atoms with Gasteiger partial charge >= 0.3 is 5.97 Å². The van der Waals surface area contributed by atoms with Crippen molar-refractivity contribution >= 4 is 29.2 Å². The summed E-state index contributed by atoms with van der Waals surface area (Å²) >= 11 is 11.8. The highest BCUT2D eigenvalue weighted by atomic mass is 35.5.